The second-order valence-corrected chi connectivity index (χ2v) is 7.75. The molecule has 13 heteroatoms. The highest BCUT2D eigenvalue weighted by Crippen LogP contribution is 2.19. The summed E-state index contributed by atoms with van der Waals surface area (Å²) < 4.78 is 0. The van der Waals surface area contributed by atoms with Crippen molar-refractivity contribution in [3.8, 4) is 0 Å². The van der Waals surface area contributed by atoms with Gasteiger partial charge in [-0.05, 0) is 19.8 Å². The normalized spacial score (nSPS) is 19.9. The van der Waals surface area contributed by atoms with Crippen molar-refractivity contribution < 1.29 is 29.4 Å². The van der Waals surface area contributed by atoms with Crippen LogP contribution in [-0.2, 0) is 25.6 Å². The summed E-state index contributed by atoms with van der Waals surface area (Å²) >= 11 is 4.00. The molecule has 3 amide bonds. The molecule has 5 unspecified atom stereocenters. The molecule has 12 nitrogen and oxygen atoms in total. The highest BCUT2D eigenvalue weighted by Gasteiger charge is 2.38. The van der Waals surface area contributed by atoms with Gasteiger partial charge in [0.15, 0.2) is 0 Å². The second kappa shape index (κ2) is 11.1. The first-order chi connectivity index (χ1) is 14.6. The molecule has 0 saturated carbocycles. The maximum atomic E-state index is 12.8. The lowest BCUT2D eigenvalue weighted by molar-refractivity contribution is -0.144. The maximum Gasteiger partial charge on any atom is 0.326 e. The molecule has 1 fully saturated rings. The summed E-state index contributed by atoms with van der Waals surface area (Å²) in [5, 5.41) is 24.2. The van der Waals surface area contributed by atoms with Gasteiger partial charge in [0.25, 0.3) is 0 Å². The predicted octanol–water partition coefficient (Wildman–Crippen LogP) is -2.36. The highest BCUT2D eigenvalue weighted by atomic mass is 32.1. The van der Waals surface area contributed by atoms with Crippen molar-refractivity contribution in [2.24, 2.45) is 5.73 Å². The van der Waals surface area contributed by atoms with E-state index >= 15 is 0 Å². The van der Waals surface area contributed by atoms with Crippen LogP contribution in [0.15, 0.2) is 12.5 Å². The van der Waals surface area contributed by atoms with E-state index in [4.69, 9.17) is 5.73 Å². The third-order valence-corrected chi connectivity index (χ3v) is 5.40. The molecule has 172 valence electrons. The van der Waals surface area contributed by atoms with Gasteiger partial charge < -0.3 is 36.5 Å². The van der Waals surface area contributed by atoms with E-state index in [1.807, 2.05) is 0 Å². The fourth-order valence-corrected chi connectivity index (χ4v) is 3.48. The summed E-state index contributed by atoms with van der Waals surface area (Å²) in [4.78, 5) is 57.2. The first-order valence-corrected chi connectivity index (χ1v) is 10.4. The second-order valence-electron chi connectivity index (χ2n) is 7.39. The first-order valence-electron chi connectivity index (χ1n) is 9.81. The van der Waals surface area contributed by atoms with E-state index < -0.39 is 54.0 Å². The van der Waals surface area contributed by atoms with Gasteiger partial charge in [-0.1, -0.05) is 0 Å². The lowest BCUT2D eigenvalue weighted by atomic mass is 10.1. The molecule has 0 radical (unpaired) electrons. The Balaban J connectivity index is 2.06. The largest absolute Gasteiger partial charge is 0.480 e. The summed E-state index contributed by atoms with van der Waals surface area (Å²) in [6.45, 7) is 1.64. The van der Waals surface area contributed by atoms with Gasteiger partial charge in [0.05, 0.1) is 18.5 Å². The van der Waals surface area contributed by atoms with E-state index in [1.54, 1.807) is 0 Å². The van der Waals surface area contributed by atoms with Crippen molar-refractivity contribution in [1.82, 2.24) is 25.5 Å². The van der Waals surface area contributed by atoms with Gasteiger partial charge in [0, 0.05) is 30.6 Å². The van der Waals surface area contributed by atoms with Gasteiger partial charge in [-0.25, -0.2) is 9.78 Å². The van der Waals surface area contributed by atoms with E-state index in [0.29, 0.717) is 25.1 Å². The van der Waals surface area contributed by atoms with Crippen LogP contribution in [0.1, 0.15) is 25.5 Å². The maximum absolute atomic E-state index is 12.8. The number of likely N-dealkylation sites (tertiary alicyclic amines) is 1. The molecule has 1 aromatic heterocycles. The summed E-state index contributed by atoms with van der Waals surface area (Å²) in [5.74, 6) is -3.07. The number of aliphatic carboxylic acids is 1. The monoisotopic (exact) mass is 456 g/mol. The summed E-state index contributed by atoms with van der Waals surface area (Å²) in [5.41, 5.74) is 6.22. The number of nitrogens with two attached hydrogens (primary N) is 1. The number of rotatable bonds is 10. The van der Waals surface area contributed by atoms with Crippen LogP contribution in [0.5, 0.6) is 0 Å². The number of amides is 3. The van der Waals surface area contributed by atoms with Crippen LogP contribution in [0, 0.1) is 0 Å². The first kappa shape index (κ1) is 24.6. The summed E-state index contributed by atoms with van der Waals surface area (Å²) in [6, 6.07) is -4.41. The number of aromatic nitrogens is 2. The molecule has 2 rings (SSSR count). The van der Waals surface area contributed by atoms with Crippen molar-refractivity contribution in [3.63, 3.8) is 0 Å². The number of carboxylic acids is 1. The van der Waals surface area contributed by atoms with Crippen LogP contribution < -0.4 is 16.4 Å². The Labute approximate surface area is 184 Å². The number of carbonyl (C=O) groups excluding carboxylic acids is 3. The molecular formula is C18H28N6O6S. The third kappa shape index (κ3) is 6.42. The minimum absolute atomic E-state index is 0.0614. The Hall–Kier alpha value is -2.64. The van der Waals surface area contributed by atoms with Gasteiger partial charge in [0.2, 0.25) is 17.7 Å². The fraction of sp³-hybridized carbons (Fsp3) is 0.611. The number of aromatic amines is 1. The van der Waals surface area contributed by atoms with Crippen molar-refractivity contribution in [3.05, 3.63) is 18.2 Å². The standard InChI is InChI=1S/C18H28N6O6S/c1-9(25)14(16(27)22-12(18(29)30)5-10-6-20-8-21-10)23-15(26)13-3-2-4-24(13)17(28)11(19)7-31/h6,8-9,11-14,25,31H,2-5,7,19H2,1H3,(H,20,21)(H,22,27)(H,23,26)(H,29,30). The number of aliphatic hydroxyl groups excluding tert-OH is 1. The molecule has 2 heterocycles. The van der Waals surface area contributed by atoms with E-state index in [2.05, 4.69) is 33.2 Å². The zero-order valence-electron chi connectivity index (χ0n) is 17.0. The zero-order valence-corrected chi connectivity index (χ0v) is 17.9. The number of thiol groups is 1. The number of aliphatic hydroxyl groups is 1. The molecule has 1 aliphatic rings. The minimum Gasteiger partial charge on any atom is -0.480 e. The van der Waals surface area contributed by atoms with Crippen molar-refractivity contribution in [1.29, 1.82) is 0 Å². The number of imidazole rings is 1. The Kier molecular flexibility index (Phi) is 8.83. The highest BCUT2D eigenvalue weighted by molar-refractivity contribution is 7.80. The molecule has 0 aliphatic carbocycles. The van der Waals surface area contributed by atoms with Crippen LogP contribution in [0.25, 0.3) is 0 Å². The molecule has 5 atom stereocenters. The summed E-state index contributed by atoms with van der Waals surface area (Å²) in [6.07, 6.45) is 2.40. The lowest BCUT2D eigenvalue weighted by Gasteiger charge is -2.29. The average molecular weight is 457 g/mol. The van der Waals surface area contributed by atoms with Crippen LogP contribution in [0.2, 0.25) is 0 Å². The molecule has 1 aliphatic heterocycles. The Morgan fingerprint density at radius 2 is 2.10 bits per heavy atom. The number of carboxylic acid groups (broad SMARTS) is 1. The molecule has 1 aromatic rings. The fourth-order valence-electron chi connectivity index (χ4n) is 3.33. The number of nitrogens with zero attached hydrogens (tertiary/aromatic N) is 2. The molecule has 0 bridgehead atoms. The molecular weight excluding hydrogens is 428 g/mol. The van der Waals surface area contributed by atoms with Gasteiger partial charge in [0.1, 0.15) is 18.1 Å². The predicted molar refractivity (Wildman–Crippen MR) is 112 cm³/mol. The number of nitrogens with one attached hydrogen (secondary N) is 3. The van der Waals surface area contributed by atoms with E-state index in [-0.39, 0.29) is 12.2 Å². The van der Waals surface area contributed by atoms with Gasteiger partial charge >= 0.3 is 5.97 Å². The minimum atomic E-state index is -1.41. The molecule has 1 saturated heterocycles. The van der Waals surface area contributed by atoms with Crippen LogP contribution in [0.3, 0.4) is 0 Å². The van der Waals surface area contributed by atoms with Crippen molar-refractivity contribution >= 4 is 36.3 Å². The third-order valence-electron chi connectivity index (χ3n) is 5.01. The van der Waals surface area contributed by atoms with E-state index in [1.165, 1.54) is 24.3 Å². The van der Waals surface area contributed by atoms with Gasteiger partial charge in [-0.15, -0.1) is 0 Å². The Bertz CT molecular complexity index is 789. The molecule has 7 N–H and O–H groups in total. The average Bonchev–Trinajstić information content (AvgIpc) is 3.41. The number of hydrogen-bond acceptors (Lipinski definition) is 8. The quantitative estimate of drug-likeness (QED) is 0.190. The zero-order chi connectivity index (χ0) is 23.1. The van der Waals surface area contributed by atoms with E-state index in [0.717, 1.165) is 0 Å². The van der Waals surface area contributed by atoms with Gasteiger partial charge in [-0.3, -0.25) is 14.4 Å². The number of H-pyrrole nitrogens is 1. The number of hydrogen-bond donors (Lipinski definition) is 7. The Morgan fingerprint density at radius 3 is 2.65 bits per heavy atom. The van der Waals surface area contributed by atoms with Crippen LogP contribution in [-0.4, -0.2) is 91.3 Å². The van der Waals surface area contributed by atoms with E-state index in [9.17, 15) is 29.4 Å². The molecule has 0 aromatic carbocycles. The number of carbonyl (C=O) groups is 4. The van der Waals surface area contributed by atoms with Crippen LogP contribution >= 0.6 is 12.6 Å². The smallest absolute Gasteiger partial charge is 0.326 e. The molecule has 0 spiro atoms. The lowest BCUT2D eigenvalue weighted by Crippen LogP contribution is -2.59. The van der Waals surface area contributed by atoms with Gasteiger partial charge in [-0.2, -0.15) is 12.6 Å². The van der Waals surface area contributed by atoms with Crippen molar-refractivity contribution in [2.45, 2.75) is 56.5 Å². The van der Waals surface area contributed by atoms with Crippen LogP contribution in [0.4, 0.5) is 0 Å². The SMILES string of the molecule is CC(O)C(NC(=O)C1CCCN1C(=O)C(N)CS)C(=O)NC(Cc1cnc[nH]1)C(=O)O. The summed E-state index contributed by atoms with van der Waals surface area (Å²) in [7, 11) is 0. The topological polar surface area (TPSA) is 191 Å². The Morgan fingerprint density at radius 1 is 1.39 bits per heavy atom. The van der Waals surface area contributed by atoms with Crippen molar-refractivity contribution in [2.75, 3.05) is 12.3 Å². The molecule has 31 heavy (non-hydrogen) atoms.